The van der Waals surface area contributed by atoms with Crippen molar-refractivity contribution in [1.82, 2.24) is 20.1 Å². The molecule has 0 aliphatic carbocycles. The van der Waals surface area contributed by atoms with Gasteiger partial charge >= 0.3 is 0 Å². The Labute approximate surface area is 143 Å². The summed E-state index contributed by atoms with van der Waals surface area (Å²) in [4.78, 5) is 30.6. The molecule has 0 aliphatic rings. The molecule has 2 aromatic heterocycles. The van der Waals surface area contributed by atoms with E-state index in [9.17, 15) is 9.59 Å². The first kappa shape index (κ1) is 16.8. The lowest BCUT2D eigenvalue weighted by Crippen LogP contribution is -2.33. The van der Waals surface area contributed by atoms with E-state index in [4.69, 9.17) is 5.11 Å². The number of aliphatic hydroxyl groups is 1. The molecular weight excluding hydrogens is 320 g/mol. The van der Waals surface area contributed by atoms with Gasteiger partial charge in [-0.1, -0.05) is 24.3 Å². The van der Waals surface area contributed by atoms with Gasteiger partial charge in [0.05, 0.1) is 5.39 Å². The average molecular weight is 338 g/mol. The summed E-state index contributed by atoms with van der Waals surface area (Å²) in [6.07, 6.45) is 3.81. The Hall–Kier alpha value is -3.06. The van der Waals surface area contributed by atoms with E-state index in [-0.39, 0.29) is 23.8 Å². The Balaban J connectivity index is 1.97. The largest absolute Gasteiger partial charge is 0.396 e. The number of fused-ring (bicyclic) bond motifs is 1. The molecule has 3 aromatic rings. The zero-order valence-electron chi connectivity index (χ0n) is 13.6. The minimum absolute atomic E-state index is 0.0172. The normalized spacial score (nSPS) is 10.8. The molecule has 7 heteroatoms. The molecule has 2 heterocycles. The van der Waals surface area contributed by atoms with Crippen LogP contribution in [0.4, 0.5) is 0 Å². The number of rotatable bonds is 6. The van der Waals surface area contributed by atoms with Crippen LogP contribution in [0, 0.1) is 0 Å². The van der Waals surface area contributed by atoms with Gasteiger partial charge in [0.1, 0.15) is 0 Å². The predicted octanol–water partition coefficient (Wildman–Crippen LogP) is 1.34. The molecular formula is C18H18N4O3. The van der Waals surface area contributed by atoms with Crippen LogP contribution in [0.5, 0.6) is 0 Å². The molecule has 0 unspecified atom stereocenters. The molecule has 0 saturated carbocycles. The summed E-state index contributed by atoms with van der Waals surface area (Å²) >= 11 is 0. The monoisotopic (exact) mass is 338 g/mol. The summed E-state index contributed by atoms with van der Waals surface area (Å²) in [5.74, 6) is -0.301. The number of pyridine rings is 1. The third-order valence-corrected chi connectivity index (χ3v) is 3.87. The smallest absolute Gasteiger partial charge is 0.275 e. The van der Waals surface area contributed by atoms with Crippen LogP contribution in [0.15, 0.2) is 53.6 Å². The Morgan fingerprint density at radius 2 is 1.96 bits per heavy atom. The highest BCUT2D eigenvalue weighted by Crippen LogP contribution is 2.16. The van der Waals surface area contributed by atoms with E-state index in [0.29, 0.717) is 30.3 Å². The van der Waals surface area contributed by atoms with Gasteiger partial charge in [0.25, 0.3) is 11.5 Å². The number of aliphatic hydroxyl groups excluding tert-OH is 1. The molecule has 1 aromatic carbocycles. The summed E-state index contributed by atoms with van der Waals surface area (Å²) < 4.78 is 0. The van der Waals surface area contributed by atoms with Crippen LogP contribution in [0.1, 0.15) is 22.5 Å². The zero-order valence-corrected chi connectivity index (χ0v) is 13.6. The number of hydrogen-bond acceptors (Lipinski definition) is 5. The number of amides is 1. The van der Waals surface area contributed by atoms with Crippen molar-refractivity contribution in [2.45, 2.75) is 13.0 Å². The molecule has 0 radical (unpaired) electrons. The van der Waals surface area contributed by atoms with Crippen molar-refractivity contribution in [3.8, 4) is 0 Å². The highest BCUT2D eigenvalue weighted by molar-refractivity contribution is 6.04. The van der Waals surface area contributed by atoms with Crippen LogP contribution in [-0.2, 0) is 6.54 Å². The van der Waals surface area contributed by atoms with Crippen LogP contribution in [0.2, 0.25) is 0 Å². The summed E-state index contributed by atoms with van der Waals surface area (Å²) in [5.41, 5.74) is 0.737. The van der Waals surface area contributed by atoms with Crippen LogP contribution in [0.25, 0.3) is 10.8 Å². The number of benzene rings is 1. The molecule has 0 bridgehead atoms. The SMILES string of the molecule is O=C(c1n[nH]c(=O)c2ccccc12)N(CCCO)Cc1cccnc1. The van der Waals surface area contributed by atoms with E-state index in [2.05, 4.69) is 15.2 Å². The maximum Gasteiger partial charge on any atom is 0.275 e. The third-order valence-electron chi connectivity index (χ3n) is 3.87. The molecule has 0 spiro atoms. The van der Waals surface area contributed by atoms with Gasteiger partial charge in [-0.3, -0.25) is 14.6 Å². The molecule has 7 nitrogen and oxygen atoms in total. The van der Waals surface area contributed by atoms with Gasteiger partial charge in [0, 0.05) is 37.5 Å². The molecule has 0 atom stereocenters. The average Bonchev–Trinajstić information content (AvgIpc) is 2.66. The molecule has 0 fully saturated rings. The molecule has 3 rings (SSSR count). The number of aromatic amines is 1. The number of carbonyl (C=O) groups is 1. The van der Waals surface area contributed by atoms with Crippen molar-refractivity contribution in [3.05, 3.63) is 70.4 Å². The summed E-state index contributed by atoms with van der Waals surface area (Å²) in [6, 6.07) is 10.6. The summed E-state index contributed by atoms with van der Waals surface area (Å²) in [6.45, 7) is 0.706. The van der Waals surface area contributed by atoms with E-state index < -0.39 is 0 Å². The van der Waals surface area contributed by atoms with Gasteiger partial charge in [-0.25, -0.2) is 5.10 Å². The number of aromatic nitrogens is 3. The summed E-state index contributed by atoms with van der Waals surface area (Å²) in [7, 11) is 0. The number of nitrogens with zero attached hydrogens (tertiary/aromatic N) is 3. The maximum absolute atomic E-state index is 13.0. The molecule has 2 N–H and O–H groups in total. The van der Waals surface area contributed by atoms with Crippen molar-refractivity contribution in [2.75, 3.05) is 13.2 Å². The summed E-state index contributed by atoms with van der Waals surface area (Å²) in [5, 5.41) is 16.4. The van der Waals surface area contributed by atoms with E-state index in [0.717, 1.165) is 5.56 Å². The topological polar surface area (TPSA) is 99.2 Å². The van der Waals surface area contributed by atoms with Crippen molar-refractivity contribution < 1.29 is 9.90 Å². The first-order valence-corrected chi connectivity index (χ1v) is 7.97. The second-order valence-corrected chi connectivity index (χ2v) is 5.61. The lowest BCUT2D eigenvalue weighted by Gasteiger charge is -2.22. The quantitative estimate of drug-likeness (QED) is 0.707. The second-order valence-electron chi connectivity index (χ2n) is 5.61. The minimum atomic E-state index is -0.332. The maximum atomic E-state index is 13.0. The first-order chi connectivity index (χ1) is 12.2. The molecule has 0 aliphatic heterocycles. The highest BCUT2D eigenvalue weighted by atomic mass is 16.3. The second kappa shape index (κ2) is 7.67. The standard InChI is InChI=1S/C18H18N4O3/c23-10-4-9-22(12-13-5-3-8-19-11-13)18(25)16-14-6-1-2-7-15(14)17(24)21-20-16/h1-3,5-8,11,23H,4,9-10,12H2,(H,21,24). The molecule has 1 amide bonds. The van der Waals surface area contributed by atoms with E-state index in [1.807, 2.05) is 6.07 Å². The fourth-order valence-corrected chi connectivity index (χ4v) is 2.65. The van der Waals surface area contributed by atoms with E-state index >= 15 is 0 Å². The van der Waals surface area contributed by atoms with Gasteiger partial charge in [0.2, 0.25) is 0 Å². The fraction of sp³-hybridized carbons (Fsp3) is 0.222. The molecule has 0 saturated heterocycles. The Kier molecular flexibility index (Phi) is 5.15. The third kappa shape index (κ3) is 3.72. The van der Waals surface area contributed by atoms with Crippen LogP contribution >= 0.6 is 0 Å². The first-order valence-electron chi connectivity index (χ1n) is 7.97. The van der Waals surface area contributed by atoms with E-state index in [1.54, 1.807) is 47.6 Å². The van der Waals surface area contributed by atoms with Gasteiger partial charge < -0.3 is 10.0 Å². The Bertz CT molecular complexity index is 924. The molecule has 25 heavy (non-hydrogen) atoms. The fourth-order valence-electron chi connectivity index (χ4n) is 2.65. The van der Waals surface area contributed by atoms with Gasteiger partial charge in [-0.2, -0.15) is 5.10 Å². The van der Waals surface area contributed by atoms with Crippen molar-refractivity contribution in [3.63, 3.8) is 0 Å². The lowest BCUT2D eigenvalue weighted by atomic mass is 10.1. The highest BCUT2D eigenvalue weighted by Gasteiger charge is 2.20. The minimum Gasteiger partial charge on any atom is -0.396 e. The van der Waals surface area contributed by atoms with Crippen molar-refractivity contribution in [1.29, 1.82) is 0 Å². The zero-order chi connectivity index (χ0) is 17.6. The van der Waals surface area contributed by atoms with Crippen LogP contribution in [-0.4, -0.2) is 44.2 Å². The van der Waals surface area contributed by atoms with E-state index in [1.165, 1.54) is 0 Å². The predicted molar refractivity (Wildman–Crippen MR) is 93.0 cm³/mol. The number of nitrogens with one attached hydrogen (secondary N) is 1. The number of carbonyl (C=O) groups excluding carboxylic acids is 1. The van der Waals surface area contributed by atoms with Gasteiger partial charge in [0.15, 0.2) is 5.69 Å². The van der Waals surface area contributed by atoms with Crippen molar-refractivity contribution in [2.24, 2.45) is 0 Å². The van der Waals surface area contributed by atoms with Crippen molar-refractivity contribution >= 4 is 16.7 Å². The van der Waals surface area contributed by atoms with Crippen LogP contribution < -0.4 is 5.56 Å². The number of hydrogen-bond donors (Lipinski definition) is 2. The van der Waals surface area contributed by atoms with Gasteiger partial charge in [-0.05, 0) is 24.1 Å². The van der Waals surface area contributed by atoms with Crippen LogP contribution in [0.3, 0.4) is 0 Å². The number of H-pyrrole nitrogens is 1. The Morgan fingerprint density at radius 3 is 2.68 bits per heavy atom. The lowest BCUT2D eigenvalue weighted by molar-refractivity contribution is 0.0727. The molecule has 128 valence electrons. The van der Waals surface area contributed by atoms with Gasteiger partial charge in [-0.15, -0.1) is 0 Å². The Morgan fingerprint density at radius 1 is 1.16 bits per heavy atom.